The van der Waals surface area contributed by atoms with Crippen molar-refractivity contribution in [2.75, 3.05) is 19.4 Å². The zero-order chi connectivity index (χ0) is 77.9. The van der Waals surface area contributed by atoms with Gasteiger partial charge in [0.25, 0.3) is 0 Å². The molecule has 3 fully saturated rings. The predicted molar refractivity (Wildman–Crippen MR) is 401 cm³/mol. The van der Waals surface area contributed by atoms with Gasteiger partial charge in [-0.1, -0.05) is 84.9 Å². The molecule has 29 heteroatoms. The van der Waals surface area contributed by atoms with Gasteiger partial charge in [-0.3, -0.25) is 29.0 Å². The fourth-order valence-corrected chi connectivity index (χ4v) is 19.7. The first kappa shape index (κ1) is 74.3. The van der Waals surface area contributed by atoms with Crippen molar-refractivity contribution in [1.82, 2.24) is 94.8 Å². The van der Waals surface area contributed by atoms with E-state index in [9.17, 15) is 39.9 Å². The number of fused-ring (bicyclic) bond motifs is 15. The van der Waals surface area contributed by atoms with Crippen LogP contribution in [0.3, 0.4) is 0 Å². The number of hydrogen-bond acceptors (Lipinski definition) is 18. The van der Waals surface area contributed by atoms with E-state index in [1.54, 1.807) is 52.6 Å². The fraction of sp³-hybridized carbons (Fsp3) is 0.378. The summed E-state index contributed by atoms with van der Waals surface area (Å²) in [5.74, 6) is -3.36. The standard InChI is InChI=1S/C29H29F2N5O.C27H27F2N7O2S.C26H25F2N7/c1-17(16-37)14-36-15-18(13-32-36)23-8-5-9-25(33-23)29-11-10-20(28(29,2)3)19-12-24(34-35-27(19)29)26-21(30)6-4-7-22(26)31;1-26(2)17-7-9-27(26,25-16(17)13-21(33-34-25)24-18(28)5-4-6-19(24)29)23-15-30-14-22(32-23)20-8-11-36(35-20)12-10-31-39(3,37)38;1-4-10-35-14-21(32-34-35)20-12-29-13-22(30-20)26-9-8-16(25(26,2)3)15-11-19(31-33-24(15)26)23-17(27)6-5-7-18(23)28/h4-9,12-13,15,17,20,37H,10-11,14,16H2,1-3H3;4-6,8,11,13-15,17,31H,7,9-10,12H2,1-3H3;5-7,11-14,16H,4,8-10H2,1-3H3/t17-,20-,29-;17-,27-;16-,26-/m000/s1. The molecule has 6 bridgehead atoms. The minimum atomic E-state index is -3.28. The van der Waals surface area contributed by atoms with E-state index in [0.717, 1.165) is 120 Å². The molecule has 9 aromatic heterocycles. The van der Waals surface area contributed by atoms with Crippen LogP contribution in [0.1, 0.15) is 169 Å². The molecular weight excluding hydrogens is 1450 g/mol. The maximum Gasteiger partial charge on any atom is 0.208 e. The van der Waals surface area contributed by atoms with Crippen LogP contribution in [0.4, 0.5) is 26.3 Å². The zero-order valence-corrected chi connectivity index (χ0v) is 63.5. The van der Waals surface area contributed by atoms with Crippen LogP contribution in [0.5, 0.6) is 0 Å². The van der Waals surface area contributed by atoms with Gasteiger partial charge in [0.2, 0.25) is 10.0 Å². The van der Waals surface area contributed by atoms with Crippen LogP contribution in [-0.4, -0.2) is 123 Å². The molecule has 0 aliphatic heterocycles. The van der Waals surface area contributed by atoms with Gasteiger partial charge in [-0.15, -0.1) is 20.4 Å². The maximum atomic E-state index is 14.5. The highest BCUT2D eigenvalue weighted by molar-refractivity contribution is 7.88. The lowest BCUT2D eigenvalue weighted by Gasteiger charge is -2.37. The Bertz CT molecular complexity index is 5690. The molecule has 12 aromatic rings. The van der Waals surface area contributed by atoms with Crippen molar-refractivity contribution in [1.29, 1.82) is 0 Å². The maximum absolute atomic E-state index is 14.5. The number of aryl methyl sites for hydroxylation is 1. The summed E-state index contributed by atoms with van der Waals surface area (Å²) in [6.45, 7) is 19.4. The highest BCUT2D eigenvalue weighted by Gasteiger charge is 2.68. The molecule has 0 spiro atoms. The number of benzene rings is 3. The molecule has 0 amide bonds. The topological polar surface area (TPSA) is 275 Å². The first-order valence-electron chi connectivity index (χ1n) is 37.3. The summed E-state index contributed by atoms with van der Waals surface area (Å²) < 4.78 is 117. The van der Waals surface area contributed by atoms with E-state index in [4.69, 9.17) is 15.0 Å². The number of nitrogens with zero attached hydrogens (tertiary/aromatic N) is 18. The second kappa shape index (κ2) is 27.9. The Morgan fingerprint density at radius 3 is 1.39 bits per heavy atom. The minimum absolute atomic E-state index is 0.105. The van der Waals surface area contributed by atoms with E-state index >= 15 is 0 Å². The molecule has 2 N–H and O–H groups in total. The normalized spacial score (nSPS) is 21.8. The van der Waals surface area contributed by atoms with Crippen molar-refractivity contribution in [3.8, 4) is 67.8 Å². The third-order valence-electron chi connectivity index (χ3n) is 24.7. The Hall–Kier alpha value is -10.8. The molecule has 22 nitrogen and oxygen atoms in total. The number of hydrogen-bond donors (Lipinski definition) is 2. The Labute approximate surface area is 637 Å². The van der Waals surface area contributed by atoms with Crippen molar-refractivity contribution in [3.05, 3.63) is 232 Å². The van der Waals surface area contributed by atoms with Gasteiger partial charge in [0.05, 0.1) is 127 Å². The lowest BCUT2D eigenvalue weighted by Crippen LogP contribution is -2.38. The van der Waals surface area contributed by atoms with E-state index < -0.39 is 61.2 Å². The molecule has 111 heavy (non-hydrogen) atoms. The van der Waals surface area contributed by atoms with Crippen molar-refractivity contribution < 1.29 is 39.9 Å². The SMILES string of the molecule is CC1(C)[C@H]2CC[C@]1(c1cncc(-c3ccn(CCNS(C)(=O)=O)n3)n1)c1nnc(-c3c(F)cccc3F)cc12.CCCn1cc(-c2cncc([C@@]34CC[C@@H](c5cc(-c6c(F)cccc6F)nnc53)C4(C)C)n2)nn1.C[C@H](CO)Cn1cc(-c2cccc([C@@]34CC[C@@H](c5cc(-c6c(F)cccc6F)nnc53)C4(C)C)n2)cn1. The number of aromatic nitrogens is 18. The van der Waals surface area contributed by atoms with Crippen LogP contribution in [0.2, 0.25) is 0 Å². The van der Waals surface area contributed by atoms with Crippen molar-refractivity contribution in [3.63, 3.8) is 0 Å². The Morgan fingerprint density at radius 1 is 0.495 bits per heavy atom. The number of aliphatic hydroxyl groups is 1. The van der Waals surface area contributed by atoms with Crippen LogP contribution >= 0.6 is 0 Å². The predicted octanol–water partition coefficient (Wildman–Crippen LogP) is 14.4. The van der Waals surface area contributed by atoms with Gasteiger partial charge in [0, 0.05) is 56.6 Å². The number of aliphatic hydroxyl groups excluding tert-OH is 1. The van der Waals surface area contributed by atoms with Crippen molar-refractivity contribution >= 4 is 10.0 Å². The molecule has 6 aliphatic carbocycles. The Kier molecular flexibility index (Phi) is 18.7. The van der Waals surface area contributed by atoms with Crippen LogP contribution in [0, 0.1) is 57.1 Å². The third kappa shape index (κ3) is 12.1. The van der Waals surface area contributed by atoms with Gasteiger partial charge in [-0.25, -0.2) is 49.5 Å². The van der Waals surface area contributed by atoms with E-state index in [1.807, 2.05) is 60.4 Å². The summed E-state index contributed by atoms with van der Waals surface area (Å²) in [4.78, 5) is 24.1. The first-order valence-corrected chi connectivity index (χ1v) is 39.2. The second-order valence-electron chi connectivity index (χ2n) is 31.8. The molecular formula is C82H81F6N19O3S. The van der Waals surface area contributed by atoms with Crippen molar-refractivity contribution in [2.24, 2.45) is 22.2 Å². The van der Waals surface area contributed by atoms with Crippen LogP contribution in [0.15, 0.2) is 147 Å². The molecule has 7 atom stereocenters. The zero-order valence-electron chi connectivity index (χ0n) is 62.6. The number of halogens is 6. The molecule has 18 rings (SSSR count). The number of nitrogens with one attached hydrogen (secondary N) is 1. The monoisotopic (exact) mass is 1530 g/mol. The third-order valence-corrected chi connectivity index (χ3v) is 25.5. The van der Waals surface area contributed by atoms with Crippen LogP contribution in [-0.2, 0) is 45.9 Å². The summed E-state index contributed by atoms with van der Waals surface area (Å²) in [7, 11) is -3.28. The minimum Gasteiger partial charge on any atom is -0.396 e. The first-order chi connectivity index (χ1) is 53.1. The summed E-state index contributed by atoms with van der Waals surface area (Å²) in [6.07, 6.45) is 21.6. The van der Waals surface area contributed by atoms with Gasteiger partial charge in [0.15, 0.2) is 0 Å². The lowest BCUT2D eigenvalue weighted by molar-refractivity contribution is 0.219. The summed E-state index contributed by atoms with van der Waals surface area (Å²) in [5, 5.41) is 53.6. The second-order valence-corrected chi connectivity index (χ2v) is 33.6. The number of pyridine rings is 1. The van der Waals surface area contributed by atoms with Crippen LogP contribution < -0.4 is 4.72 Å². The number of rotatable bonds is 18. The average Bonchev–Trinajstić information content (AvgIpc) is 1.53. The fourth-order valence-electron chi connectivity index (χ4n) is 19.2. The van der Waals surface area contributed by atoms with Gasteiger partial charge < -0.3 is 5.11 Å². The molecule has 0 unspecified atom stereocenters. The molecule has 3 aromatic carbocycles. The van der Waals surface area contributed by atoms with Gasteiger partial charge in [-0.2, -0.15) is 25.5 Å². The molecule has 570 valence electrons. The van der Waals surface area contributed by atoms with Gasteiger partial charge in [0.1, 0.15) is 57.7 Å². The van der Waals surface area contributed by atoms with E-state index in [1.165, 1.54) is 54.6 Å². The average molecular weight is 1530 g/mol. The van der Waals surface area contributed by atoms with E-state index in [0.29, 0.717) is 35.9 Å². The van der Waals surface area contributed by atoms with Crippen LogP contribution in [0.25, 0.3) is 67.8 Å². The molecule has 9 heterocycles. The molecule has 0 radical (unpaired) electrons. The lowest BCUT2D eigenvalue weighted by atomic mass is 9.66. The van der Waals surface area contributed by atoms with E-state index in [2.05, 4.69) is 114 Å². The van der Waals surface area contributed by atoms with Gasteiger partial charge >= 0.3 is 0 Å². The Balaban J connectivity index is 0.000000126. The molecule has 0 saturated heterocycles. The van der Waals surface area contributed by atoms with Crippen molar-refractivity contribution in [2.45, 2.75) is 154 Å². The number of sulfonamides is 1. The smallest absolute Gasteiger partial charge is 0.208 e. The molecule has 6 aliphatic rings. The highest BCUT2D eigenvalue weighted by atomic mass is 32.2. The highest BCUT2D eigenvalue weighted by Crippen LogP contribution is 2.72. The Morgan fingerprint density at radius 2 is 0.937 bits per heavy atom. The summed E-state index contributed by atoms with van der Waals surface area (Å²) in [6, 6.07) is 24.7. The summed E-state index contributed by atoms with van der Waals surface area (Å²) >= 11 is 0. The molecule has 3 saturated carbocycles. The largest absolute Gasteiger partial charge is 0.396 e. The van der Waals surface area contributed by atoms with Gasteiger partial charge in [-0.05, 0) is 174 Å². The quantitative estimate of drug-likeness (QED) is 0.0755. The van der Waals surface area contributed by atoms with E-state index in [-0.39, 0.29) is 86.8 Å². The summed E-state index contributed by atoms with van der Waals surface area (Å²) in [5.41, 5.74) is 10.00.